The van der Waals surface area contributed by atoms with Gasteiger partial charge in [0.15, 0.2) is 5.96 Å². The number of rotatable bonds is 4. The summed E-state index contributed by atoms with van der Waals surface area (Å²) in [5.74, 6) is 1.02. The predicted octanol–water partition coefficient (Wildman–Crippen LogP) is 3.01. The topological polar surface area (TPSA) is 45.4 Å². The van der Waals surface area contributed by atoms with Gasteiger partial charge >= 0.3 is 0 Å². The molecule has 2 rings (SSSR count). The number of aliphatic imine (C=N–C) groups is 1. The Kier molecular flexibility index (Phi) is 5.71. The van der Waals surface area contributed by atoms with Crippen LogP contribution in [0.15, 0.2) is 4.99 Å². The smallest absolute Gasteiger partial charge is 0.193 e. The number of aryl methyl sites for hydroxylation is 2. The number of nitrogens with one attached hydrogen (secondary N) is 1. The van der Waals surface area contributed by atoms with Crippen LogP contribution in [-0.4, -0.2) is 40.8 Å². The number of guanidine groups is 1. The van der Waals surface area contributed by atoms with Crippen molar-refractivity contribution in [1.29, 1.82) is 0 Å². The van der Waals surface area contributed by atoms with E-state index in [0.29, 0.717) is 5.41 Å². The van der Waals surface area contributed by atoms with Crippen molar-refractivity contribution >= 4 is 5.96 Å². The van der Waals surface area contributed by atoms with Crippen molar-refractivity contribution in [2.75, 3.05) is 20.1 Å². The van der Waals surface area contributed by atoms with Crippen LogP contribution in [0.4, 0.5) is 0 Å². The first-order valence-electron chi connectivity index (χ1n) is 8.85. The second-order valence-corrected chi connectivity index (χ2v) is 7.26. The van der Waals surface area contributed by atoms with Gasteiger partial charge in [0.05, 0.1) is 5.69 Å². The maximum atomic E-state index is 4.52. The molecule has 0 spiro atoms. The summed E-state index contributed by atoms with van der Waals surface area (Å²) in [6.07, 6.45) is 5.13. The van der Waals surface area contributed by atoms with Gasteiger partial charge in [-0.1, -0.05) is 20.3 Å². The van der Waals surface area contributed by atoms with Crippen LogP contribution >= 0.6 is 0 Å². The van der Waals surface area contributed by atoms with E-state index in [1.54, 1.807) is 0 Å². The molecule has 0 amide bonds. The molecule has 0 radical (unpaired) electrons. The third-order valence-electron chi connectivity index (χ3n) is 5.23. The summed E-state index contributed by atoms with van der Waals surface area (Å²) >= 11 is 0. The van der Waals surface area contributed by atoms with Crippen LogP contribution < -0.4 is 5.32 Å². The molecule has 1 unspecified atom stereocenters. The summed E-state index contributed by atoms with van der Waals surface area (Å²) < 4.78 is 1.95. The van der Waals surface area contributed by atoms with Gasteiger partial charge in [-0.25, -0.2) is 0 Å². The summed E-state index contributed by atoms with van der Waals surface area (Å²) in [5, 5.41) is 8.05. The largest absolute Gasteiger partial charge is 0.352 e. The molecule has 1 aliphatic rings. The highest BCUT2D eigenvalue weighted by Gasteiger charge is 2.31. The molecule has 1 N–H and O–H groups in total. The number of hydrogen-bond acceptors (Lipinski definition) is 2. The number of likely N-dealkylation sites (tertiary alicyclic amines) is 1. The molecule has 1 saturated heterocycles. The van der Waals surface area contributed by atoms with E-state index < -0.39 is 0 Å². The van der Waals surface area contributed by atoms with E-state index in [1.165, 1.54) is 36.9 Å². The Labute approximate surface area is 141 Å². The summed E-state index contributed by atoms with van der Waals surface area (Å²) in [4.78, 5) is 6.95. The first-order chi connectivity index (χ1) is 10.9. The number of hydrogen-bond donors (Lipinski definition) is 1. The van der Waals surface area contributed by atoms with E-state index in [1.807, 2.05) is 18.8 Å². The quantitative estimate of drug-likeness (QED) is 0.685. The molecule has 0 bridgehead atoms. The Morgan fingerprint density at radius 3 is 2.70 bits per heavy atom. The lowest BCUT2D eigenvalue weighted by molar-refractivity contribution is 0.142. The highest BCUT2D eigenvalue weighted by molar-refractivity contribution is 5.80. The van der Waals surface area contributed by atoms with E-state index in [0.717, 1.165) is 31.3 Å². The molecule has 2 heterocycles. The van der Waals surface area contributed by atoms with Crippen LogP contribution in [0.3, 0.4) is 0 Å². The summed E-state index contributed by atoms with van der Waals surface area (Å²) in [5.41, 5.74) is 4.02. The molecule has 130 valence electrons. The molecular formula is C18H33N5. The molecular weight excluding hydrogens is 286 g/mol. The minimum Gasteiger partial charge on any atom is -0.352 e. The van der Waals surface area contributed by atoms with Crippen LogP contribution in [0.25, 0.3) is 0 Å². The average molecular weight is 319 g/mol. The minimum atomic E-state index is 0.421. The molecule has 1 aromatic rings. The molecule has 1 aromatic heterocycles. The second-order valence-electron chi connectivity index (χ2n) is 7.26. The summed E-state index contributed by atoms with van der Waals surface area (Å²) in [7, 11) is 3.89. The fraction of sp³-hybridized carbons (Fsp3) is 0.778. The third-order valence-corrected chi connectivity index (χ3v) is 5.23. The van der Waals surface area contributed by atoms with Gasteiger partial charge in [0.2, 0.25) is 0 Å². The van der Waals surface area contributed by atoms with Crippen LogP contribution in [0.5, 0.6) is 0 Å². The lowest BCUT2D eigenvalue weighted by Crippen LogP contribution is -2.49. The lowest BCUT2D eigenvalue weighted by atomic mass is 9.78. The van der Waals surface area contributed by atoms with Gasteiger partial charge in [0, 0.05) is 45.0 Å². The van der Waals surface area contributed by atoms with Crippen molar-refractivity contribution < 1.29 is 0 Å². The average Bonchev–Trinajstić information content (AvgIpc) is 2.74. The third kappa shape index (κ3) is 4.06. The Balaban J connectivity index is 2.03. The van der Waals surface area contributed by atoms with Gasteiger partial charge in [0.25, 0.3) is 0 Å². The first kappa shape index (κ1) is 17.8. The molecule has 1 atom stereocenters. The van der Waals surface area contributed by atoms with Crippen LogP contribution in [0.1, 0.15) is 56.5 Å². The highest BCUT2D eigenvalue weighted by atomic mass is 15.3. The SMILES string of the molecule is CCCC1(C)CCCN(C(=NC)NCc2c(C)nn(C)c2C)C1. The lowest BCUT2D eigenvalue weighted by Gasteiger charge is -2.42. The van der Waals surface area contributed by atoms with Gasteiger partial charge in [0.1, 0.15) is 0 Å². The summed E-state index contributed by atoms with van der Waals surface area (Å²) in [6, 6.07) is 0. The monoisotopic (exact) mass is 319 g/mol. The fourth-order valence-electron chi connectivity index (χ4n) is 3.88. The van der Waals surface area contributed by atoms with E-state index in [-0.39, 0.29) is 0 Å². The molecule has 0 saturated carbocycles. The Morgan fingerprint density at radius 1 is 1.39 bits per heavy atom. The van der Waals surface area contributed by atoms with Crippen molar-refractivity contribution in [1.82, 2.24) is 20.0 Å². The molecule has 1 fully saturated rings. The maximum absolute atomic E-state index is 4.52. The van der Waals surface area contributed by atoms with Gasteiger partial charge in [-0.15, -0.1) is 0 Å². The van der Waals surface area contributed by atoms with Crippen LogP contribution in [-0.2, 0) is 13.6 Å². The van der Waals surface area contributed by atoms with E-state index in [2.05, 4.69) is 48.0 Å². The molecule has 1 aliphatic heterocycles. The molecule has 0 aliphatic carbocycles. The van der Waals surface area contributed by atoms with Crippen molar-refractivity contribution in [2.45, 2.75) is 59.9 Å². The number of aromatic nitrogens is 2. The van der Waals surface area contributed by atoms with Crippen LogP contribution in [0.2, 0.25) is 0 Å². The van der Waals surface area contributed by atoms with Crippen molar-refractivity contribution in [2.24, 2.45) is 17.5 Å². The zero-order valence-corrected chi connectivity index (χ0v) is 15.7. The molecule has 0 aromatic carbocycles. The summed E-state index contributed by atoms with van der Waals surface area (Å²) in [6.45, 7) is 11.9. The van der Waals surface area contributed by atoms with Gasteiger partial charge in [-0.2, -0.15) is 5.10 Å². The van der Waals surface area contributed by atoms with Crippen molar-refractivity contribution in [3.63, 3.8) is 0 Å². The van der Waals surface area contributed by atoms with E-state index >= 15 is 0 Å². The number of piperidine rings is 1. The molecule has 23 heavy (non-hydrogen) atoms. The second kappa shape index (κ2) is 7.37. The number of nitrogens with zero attached hydrogens (tertiary/aromatic N) is 4. The highest BCUT2D eigenvalue weighted by Crippen LogP contribution is 2.33. The molecule has 5 heteroatoms. The Morgan fingerprint density at radius 2 is 2.13 bits per heavy atom. The van der Waals surface area contributed by atoms with Crippen LogP contribution in [0, 0.1) is 19.3 Å². The van der Waals surface area contributed by atoms with E-state index in [9.17, 15) is 0 Å². The standard InChI is InChI=1S/C18H33N5/c1-7-9-18(4)10-8-11-23(13-18)17(19-5)20-12-16-14(2)21-22(6)15(16)3/h7-13H2,1-6H3,(H,19,20). The Hall–Kier alpha value is -1.52. The van der Waals surface area contributed by atoms with Gasteiger partial charge < -0.3 is 10.2 Å². The first-order valence-corrected chi connectivity index (χ1v) is 8.85. The normalized spacial score (nSPS) is 22.5. The Bertz CT molecular complexity index is 556. The zero-order valence-electron chi connectivity index (χ0n) is 15.7. The fourth-order valence-corrected chi connectivity index (χ4v) is 3.88. The zero-order chi connectivity index (χ0) is 17.0. The predicted molar refractivity (Wildman–Crippen MR) is 96.7 cm³/mol. The minimum absolute atomic E-state index is 0.421. The van der Waals surface area contributed by atoms with Gasteiger partial charge in [-0.05, 0) is 38.5 Å². The van der Waals surface area contributed by atoms with Crippen molar-refractivity contribution in [3.05, 3.63) is 17.0 Å². The van der Waals surface area contributed by atoms with Gasteiger partial charge in [-0.3, -0.25) is 9.67 Å². The molecule has 5 nitrogen and oxygen atoms in total. The maximum Gasteiger partial charge on any atom is 0.193 e. The van der Waals surface area contributed by atoms with Crippen molar-refractivity contribution in [3.8, 4) is 0 Å². The van der Waals surface area contributed by atoms with E-state index in [4.69, 9.17) is 0 Å².